The molecule has 0 fully saturated rings. The Hall–Kier alpha value is -1.47. The van der Waals surface area contributed by atoms with E-state index in [-0.39, 0.29) is 11.8 Å². The molecule has 108 valence electrons. The largest absolute Gasteiger partial charge is 0.337 e. The van der Waals surface area contributed by atoms with Gasteiger partial charge in [0.25, 0.3) is 0 Å². The van der Waals surface area contributed by atoms with Gasteiger partial charge in [-0.1, -0.05) is 19.9 Å². The summed E-state index contributed by atoms with van der Waals surface area (Å²) in [5, 5.41) is 12.0. The first-order valence-corrected chi connectivity index (χ1v) is 7.69. The number of carbonyl (C=O) groups excluding carboxylic acids is 1. The van der Waals surface area contributed by atoms with Gasteiger partial charge in [0, 0.05) is 4.90 Å². The summed E-state index contributed by atoms with van der Waals surface area (Å²) in [5.41, 5.74) is 1.66. The van der Waals surface area contributed by atoms with E-state index in [1.54, 1.807) is 6.92 Å². The van der Waals surface area contributed by atoms with Gasteiger partial charge in [-0.2, -0.15) is 5.26 Å². The minimum absolute atomic E-state index is 0.0723. The molecule has 0 heterocycles. The van der Waals surface area contributed by atoms with Crippen molar-refractivity contribution < 1.29 is 4.79 Å². The molecule has 1 aromatic rings. The highest BCUT2D eigenvalue weighted by Gasteiger charge is 2.29. The molecule has 0 aliphatic rings. The van der Waals surface area contributed by atoms with Gasteiger partial charge in [-0.15, -0.1) is 11.8 Å². The number of nitriles is 1. The lowest BCUT2D eigenvalue weighted by molar-refractivity contribution is -0.120. The van der Waals surface area contributed by atoms with Gasteiger partial charge in [0.2, 0.25) is 5.91 Å². The minimum atomic E-state index is -0.805. The van der Waals surface area contributed by atoms with Crippen molar-refractivity contribution in [2.45, 2.75) is 45.1 Å². The van der Waals surface area contributed by atoms with E-state index < -0.39 is 5.54 Å². The quantitative estimate of drug-likeness (QED) is 0.845. The maximum Gasteiger partial charge on any atom is 0.231 e. The third-order valence-corrected chi connectivity index (χ3v) is 4.63. The van der Waals surface area contributed by atoms with Gasteiger partial charge >= 0.3 is 0 Å². The van der Waals surface area contributed by atoms with Crippen LogP contribution in [0.1, 0.15) is 31.9 Å². The summed E-state index contributed by atoms with van der Waals surface area (Å²) >= 11 is 1.49. The average molecular weight is 290 g/mol. The molecular weight excluding hydrogens is 268 g/mol. The third kappa shape index (κ3) is 4.28. The number of thioether (sulfide) groups is 1. The molecule has 0 saturated heterocycles. The van der Waals surface area contributed by atoms with E-state index in [0.717, 1.165) is 4.90 Å². The van der Waals surface area contributed by atoms with Crippen LogP contribution in [0, 0.1) is 31.1 Å². The monoisotopic (exact) mass is 290 g/mol. The fourth-order valence-corrected chi connectivity index (χ4v) is 2.37. The van der Waals surface area contributed by atoms with Crippen molar-refractivity contribution in [2.24, 2.45) is 5.92 Å². The fourth-order valence-electron chi connectivity index (χ4n) is 1.58. The van der Waals surface area contributed by atoms with E-state index >= 15 is 0 Å². The van der Waals surface area contributed by atoms with E-state index in [2.05, 4.69) is 37.4 Å². The lowest BCUT2D eigenvalue weighted by Crippen LogP contribution is -2.49. The first kappa shape index (κ1) is 16.6. The Morgan fingerprint density at radius 1 is 1.40 bits per heavy atom. The molecule has 0 aliphatic carbocycles. The molecule has 1 rings (SSSR count). The molecule has 1 aromatic carbocycles. The molecule has 0 aliphatic heterocycles. The molecule has 0 spiro atoms. The van der Waals surface area contributed by atoms with Gasteiger partial charge in [0.15, 0.2) is 0 Å². The number of nitrogens with one attached hydrogen (secondary N) is 1. The number of hydrogen-bond acceptors (Lipinski definition) is 3. The molecule has 0 aromatic heterocycles. The van der Waals surface area contributed by atoms with Crippen LogP contribution < -0.4 is 5.32 Å². The molecule has 0 radical (unpaired) electrons. The zero-order chi connectivity index (χ0) is 15.3. The fraction of sp³-hybridized carbons (Fsp3) is 0.500. The van der Waals surface area contributed by atoms with Crippen molar-refractivity contribution in [1.29, 1.82) is 5.26 Å². The average Bonchev–Trinajstić information content (AvgIpc) is 2.39. The van der Waals surface area contributed by atoms with Crippen molar-refractivity contribution in [3.05, 3.63) is 29.3 Å². The highest BCUT2D eigenvalue weighted by Crippen LogP contribution is 2.21. The molecule has 0 saturated carbocycles. The van der Waals surface area contributed by atoms with E-state index in [0.29, 0.717) is 5.75 Å². The van der Waals surface area contributed by atoms with Crippen LogP contribution in [0.2, 0.25) is 0 Å². The zero-order valence-electron chi connectivity index (χ0n) is 12.8. The Labute approximate surface area is 125 Å². The molecule has 0 bridgehead atoms. The van der Waals surface area contributed by atoms with Crippen LogP contribution in [0.5, 0.6) is 0 Å². The minimum Gasteiger partial charge on any atom is -0.337 e. The highest BCUT2D eigenvalue weighted by atomic mass is 32.2. The predicted molar refractivity (Wildman–Crippen MR) is 83.6 cm³/mol. The summed E-state index contributed by atoms with van der Waals surface area (Å²) in [6.45, 7) is 9.75. The zero-order valence-corrected chi connectivity index (χ0v) is 13.6. The standard InChI is InChI=1S/C16H22N2OS/c1-11(2)16(5,10-17)18-15(19)9-20-14-7-6-12(3)13(4)8-14/h6-8,11H,9H2,1-5H3,(H,18,19)/t16-/m0/s1. The van der Waals surface area contributed by atoms with Gasteiger partial charge in [0.1, 0.15) is 5.54 Å². The third-order valence-electron chi connectivity index (χ3n) is 3.63. The Morgan fingerprint density at radius 2 is 2.05 bits per heavy atom. The summed E-state index contributed by atoms with van der Waals surface area (Å²) in [5.74, 6) is 0.293. The van der Waals surface area contributed by atoms with E-state index in [1.165, 1.54) is 22.9 Å². The van der Waals surface area contributed by atoms with E-state index in [1.807, 2.05) is 19.9 Å². The van der Waals surface area contributed by atoms with Crippen LogP contribution in [0.15, 0.2) is 23.1 Å². The van der Waals surface area contributed by atoms with E-state index in [4.69, 9.17) is 0 Å². The SMILES string of the molecule is Cc1ccc(SCC(=O)N[C@@](C)(C#N)C(C)C)cc1C. The molecule has 4 heteroatoms. The number of hydrogen-bond donors (Lipinski definition) is 1. The van der Waals surface area contributed by atoms with Gasteiger partial charge in [-0.05, 0) is 49.9 Å². The lowest BCUT2D eigenvalue weighted by Gasteiger charge is -2.27. The van der Waals surface area contributed by atoms with Crippen LogP contribution in [0.4, 0.5) is 0 Å². The van der Waals surface area contributed by atoms with Gasteiger partial charge in [-0.25, -0.2) is 0 Å². The van der Waals surface area contributed by atoms with Gasteiger partial charge < -0.3 is 5.32 Å². The molecular formula is C16H22N2OS. The maximum absolute atomic E-state index is 12.0. The van der Waals surface area contributed by atoms with E-state index in [9.17, 15) is 10.1 Å². The summed E-state index contributed by atoms with van der Waals surface area (Å²) < 4.78 is 0. The number of nitrogens with zero attached hydrogens (tertiary/aromatic N) is 1. The number of aryl methyl sites for hydroxylation is 2. The molecule has 20 heavy (non-hydrogen) atoms. The molecule has 3 nitrogen and oxygen atoms in total. The van der Waals surface area contributed by atoms with Crippen molar-refractivity contribution >= 4 is 17.7 Å². The Morgan fingerprint density at radius 3 is 2.55 bits per heavy atom. The summed E-state index contributed by atoms with van der Waals surface area (Å²) in [6.07, 6.45) is 0. The maximum atomic E-state index is 12.0. The lowest BCUT2D eigenvalue weighted by atomic mass is 9.90. The molecule has 1 N–H and O–H groups in total. The number of rotatable bonds is 5. The van der Waals surface area contributed by atoms with Gasteiger partial charge in [0.05, 0.1) is 11.8 Å². The summed E-state index contributed by atoms with van der Waals surface area (Å²) in [7, 11) is 0. The summed E-state index contributed by atoms with van der Waals surface area (Å²) in [4.78, 5) is 13.0. The molecule has 1 atom stereocenters. The Bertz CT molecular complexity index is 534. The highest BCUT2D eigenvalue weighted by molar-refractivity contribution is 8.00. The number of carbonyl (C=O) groups is 1. The van der Waals surface area contributed by atoms with Crippen molar-refractivity contribution in [1.82, 2.24) is 5.32 Å². The Kier molecular flexibility index (Phi) is 5.64. The topological polar surface area (TPSA) is 52.9 Å². The van der Waals surface area contributed by atoms with Crippen LogP contribution in [-0.4, -0.2) is 17.2 Å². The van der Waals surface area contributed by atoms with Crippen molar-refractivity contribution in [2.75, 3.05) is 5.75 Å². The molecule has 1 amide bonds. The second-order valence-corrected chi connectivity index (χ2v) is 6.60. The number of benzene rings is 1. The van der Waals surface area contributed by atoms with Crippen molar-refractivity contribution in [3.8, 4) is 6.07 Å². The second-order valence-electron chi connectivity index (χ2n) is 5.55. The first-order valence-electron chi connectivity index (χ1n) is 6.71. The second kappa shape index (κ2) is 6.81. The Balaban J connectivity index is 2.60. The van der Waals surface area contributed by atoms with Crippen LogP contribution in [0.3, 0.4) is 0 Å². The predicted octanol–water partition coefficient (Wildman–Crippen LogP) is 3.45. The van der Waals surface area contributed by atoms with Crippen LogP contribution >= 0.6 is 11.8 Å². The first-order chi connectivity index (χ1) is 9.28. The molecule has 0 unspecified atom stereocenters. The van der Waals surface area contributed by atoms with Crippen molar-refractivity contribution in [3.63, 3.8) is 0 Å². The normalized spacial score (nSPS) is 13.7. The van der Waals surface area contributed by atoms with Crippen LogP contribution in [-0.2, 0) is 4.79 Å². The van der Waals surface area contributed by atoms with Gasteiger partial charge in [-0.3, -0.25) is 4.79 Å². The smallest absolute Gasteiger partial charge is 0.231 e. The van der Waals surface area contributed by atoms with Crippen LogP contribution in [0.25, 0.3) is 0 Å². The summed E-state index contributed by atoms with van der Waals surface area (Å²) in [6, 6.07) is 8.34. The number of amides is 1.